The molecule has 0 heterocycles. The summed E-state index contributed by atoms with van der Waals surface area (Å²) in [6.45, 7) is 4.81. The minimum Gasteiger partial charge on any atom is -0.389 e. The van der Waals surface area contributed by atoms with Gasteiger partial charge in [-0.15, -0.1) is 0 Å². The number of hydrogen-bond donors (Lipinski definition) is 2. The van der Waals surface area contributed by atoms with Gasteiger partial charge in [-0.1, -0.05) is 18.2 Å². The molecule has 1 rings (SSSR count). The molecule has 0 aromatic heterocycles. The molecule has 2 N–H and O–H groups in total. The van der Waals surface area contributed by atoms with Gasteiger partial charge in [0.2, 0.25) is 10.0 Å². The van der Waals surface area contributed by atoms with E-state index in [1.54, 1.807) is 45.0 Å². The molecule has 1 aromatic carbocycles. The Hall–Kier alpha value is -1.07. The van der Waals surface area contributed by atoms with Gasteiger partial charge in [0.15, 0.2) is 0 Å². The highest BCUT2D eigenvalue weighted by molar-refractivity contribution is 7.93. The molecule has 0 saturated carbocycles. The molecule has 90 valence electrons. The first-order valence-corrected chi connectivity index (χ1v) is 6.68. The fourth-order valence-electron chi connectivity index (χ4n) is 1.23. The Morgan fingerprint density at radius 1 is 1.19 bits per heavy atom. The van der Waals surface area contributed by atoms with Crippen LogP contribution in [0.25, 0.3) is 0 Å². The topological polar surface area (TPSA) is 66.4 Å². The van der Waals surface area contributed by atoms with Crippen molar-refractivity contribution in [3.8, 4) is 0 Å². The molecule has 0 aliphatic heterocycles. The van der Waals surface area contributed by atoms with Gasteiger partial charge in [0.25, 0.3) is 0 Å². The molecule has 0 bridgehead atoms. The lowest BCUT2D eigenvalue weighted by atomic mass is 10.1. The van der Waals surface area contributed by atoms with Crippen molar-refractivity contribution in [1.82, 2.24) is 0 Å². The monoisotopic (exact) mass is 243 g/mol. The van der Waals surface area contributed by atoms with Crippen molar-refractivity contribution in [2.24, 2.45) is 0 Å². The maximum absolute atomic E-state index is 11.7. The first-order chi connectivity index (χ1) is 7.34. The molecule has 0 aliphatic carbocycles. The Kier molecular flexibility index (Phi) is 3.93. The number of anilines is 1. The standard InChI is InChI=1S/C11H17NO3S/c1-8(2)16(14,15)12-11-7-5-4-6-10(11)9(3)13/h4-9,12-13H,1-3H3. The predicted octanol–water partition coefficient (Wildman–Crippen LogP) is 1.89. The van der Waals surface area contributed by atoms with E-state index >= 15 is 0 Å². The van der Waals surface area contributed by atoms with Crippen molar-refractivity contribution in [3.05, 3.63) is 29.8 Å². The van der Waals surface area contributed by atoms with Crippen molar-refractivity contribution in [3.63, 3.8) is 0 Å². The lowest BCUT2D eigenvalue weighted by Crippen LogP contribution is -2.23. The molecule has 4 nitrogen and oxygen atoms in total. The van der Waals surface area contributed by atoms with Gasteiger partial charge in [-0.3, -0.25) is 4.72 Å². The maximum Gasteiger partial charge on any atom is 0.235 e. The minimum atomic E-state index is -3.37. The Morgan fingerprint density at radius 3 is 2.25 bits per heavy atom. The van der Waals surface area contributed by atoms with E-state index in [0.717, 1.165) is 0 Å². The van der Waals surface area contributed by atoms with E-state index in [0.29, 0.717) is 11.3 Å². The summed E-state index contributed by atoms with van der Waals surface area (Å²) in [6, 6.07) is 6.82. The molecule has 0 aliphatic rings. The smallest absolute Gasteiger partial charge is 0.235 e. The summed E-state index contributed by atoms with van der Waals surface area (Å²) in [7, 11) is -3.37. The number of aliphatic hydroxyl groups excluding tert-OH is 1. The minimum absolute atomic E-state index is 0.436. The molecule has 5 heteroatoms. The Morgan fingerprint density at radius 2 is 1.75 bits per heavy atom. The van der Waals surface area contributed by atoms with E-state index in [-0.39, 0.29) is 0 Å². The molecule has 0 fully saturated rings. The average molecular weight is 243 g/mol. The second-order valence-corrected chi connectivity index (χ2v) is 6.20. The molecule has 0 amide bonds. The van der Waals surface area contributed by atoms with Crippen molar-refractivity contribution >= 4 is 15.7 Å². The van der Waals surface area contributed by atoms with Gasteiger partial charge in [0.05, 0.1) is 17.0 Å². The number of sulfonamides is 1. The highest BCUT2D eigenvalue weighted by atomic mass is 32.2. The average Bonchev–Trinajstić information content (AvgIpc) is 2.17. The second kappa shape index (κ2) is 4.84. The van der Waals surface area contributed by atoms with E-state index in [4.69, 9.17) is 0 Å². The van der Waals surface area contributed by atoms with Gasteiger partial charge >= 0.3 is 0 Å². The lowest BCUT2D eigenvalue weighted by Gasteiger charge is -2.15. The van der Waals surface area contributed by atoms with Crippen LogP contribution in [0.4, 0.5) is 5.69 Å². The zero-order chi connectivity index (χ0) is 12.3. The summed E-state index contributed by atoms with van der Waals surface area (Å²) < 4.78 is 25.8. The predicted molar refractivity (Wildman–Crippen MR) is 64.8 cm³/mol. The van der Waals surface area contributed by atoms with Crippen LogP contribution < -0.4 is 4.72 Å². The Balaban J connectivity index is 3.07. The molecule has 0 spiro atoms. The highest BCUT2D eigenvalue weighted by Crippen LogP contribution is 2.23. The Bertz CT molecular complexity index is 452. The van der Waals surface area contributed by atoms with Crippen LogP contribution in [0.15, 0.2) is 24.3 Å². The van der Waals surface area contributed by atoms with Crippen LogP contribution in [-0.4, -0.2) is 18.8 Å². The summed E-state index contributed by atoms with van der Waals surface area (Å²) in [4.78, 5) is 0. The van der Waals surface area contributed by atoms with E-state index in [2.05, 4.69) is 4.72 Å². The fourth-order valence-corrected chi connectivity index (χ4v) is 1.95. The van der Waals surface area contributed by atoms with Crippen LogP contribution in [0.1, 0.15) is 32.4 Å². The second-order valence-electron chi connectivity index (χ2n) is 3.96. The van der Waals surface area contributed by atoms with Crippen molar-refractivity contribution in [2.75, 3.05) is 4.72 Å². The van der Waals surface area contributed by atoms with Gasteiger partial charge in [-0.25, -0.2) is 8.42 Å². The maximum atomic E-state index is 11.7. The molecule has 0 radical (unpaired) electrons. The first-order valence-electron chi connectivity index (χ1n) is 5.13. The largest absolute Gasteiger partial charge is 0.389 e. The van der Waals surface area contributed by atoms with Crippen molar-refractivity contribution in [1.29, 1.82) is 0 Å². The molecule has 1 aromatic rings. The van der Waals surface area contributed by atoms with E-state index < -0.39 is 21.4 Å². The van der Waals surface area contributed by atoms with Gasteiger partial charge < -0.3 is 5.11 Å². The fraction of sp³-hybridized carbons (Fsp3) is 0.455. The molecule has 1 unspecified atom stereocenters. The van der Waals surface area contributed by atoms with Gasteiger partial charge in [-0.05, 0) is 26.8 Å². The quantitative estimate of drug-likeness (QED) is 0.848. The third-order valence-electron chi connectivity index (χ3n) is 2.28. The van der Waals surface area contributed by atoms with Gasteiger partial charge in [0, 0.05) is 5.56 Å². The molecule has 1 atom stereocenters. The van der Waals surface area contributed by atoms with E-state index in [1.807, 2.05) is 0 Å². The molecule has 16 heavy (non-hydrogen) atoms. The van der Waals surface area contributed by atoms with Crippen LogP contribution in [0, 0.1) is 0 Å². The van der Waals surface area contributed by atoms with Crippen LogP contribution in [-0.2, 0) is 10.0 Å². The zero-order valence-electron chi connectivity index (χ0n) is 9.64. The van der Waals surface area contributed by atoms with Crippen molar-refractivity contribution in [2.45, 2.75) is 32.1 Å². The van der Waals surface area contributed by atoms with Crippen molar-refractivity contribution < 1.29 is 13.5 Å². The van der Waals surface area contributed by atoms with Crippen LogP contribution in [0.3, 0.4) is 0 Å². The number of nitrogens with one attached hydrogen (secondary N) is 1. The van der Waals surface area contributed by atoms with Crippen LogP contribution in [0.5, 0.6) is 0 Å². The summed E-state index contributed by atoms with van der Waals surface area (Å²) in [5.41, 5.74) is 1.01. The lowest BCUT2D eigenvalue weighted by molar-refractivity contribution is 0.200. The molecule has 0 saturated heterocycles. The molecular weight excluding hydrogens is 226 g/mol. The summed E-state index contributed by atoms with van der Waals surface area (Å²) in [5.74, 6) is 0. The van der Waals surface area contributed by atoms with E-state index in [1.165, 1.54) is 0 Å². The van der Waals surface area contributed by atoms with E-state index in [9.17, 15) is 13.5 Å². The summed E-state index contributed by atoms with van der Waals surface area (Å²) >= 11 is 0. The first kappa shape index (κ1) is 13.0. The summed E-state index contributed by atoms with van der Waals surface area (Å²) in [6.07, 6.45) is -0.703. The molecular formula is C11H17NO3S. The van der Waals surface area contributed by atoms with Crippen LogP contribution >= 0.6 is 0 Å². The normalized spacial score (nSPS) is 13.8. The number of hydrogen-bond acceptors (Lipinski definition) is 3. The third-order valence-corrected chi connectivity index (χ3v) is 4.03. The SMILES string of the molecule is CC(O)c1ccccc1NS(=O)(=O)C(C)C. The Labute approximate surface area is 96.4 Å². The highest BCUT2D eigenvalue weighted by Gasteiger charge is 2.18. The number of rotatable bonds is 4. The number of benzene rings is 1. The van der Waals surface area contributed by atoms with Crippen LogP contribution in [0.2, 0.25) is 0 Å². The third kappa shape index (κ3) is 2.96. The number of para-hydroxylation sites is 1. The van der Waals surface area contributed by atoms with Gasteiger partial charge in [-0.2, -0.15) is 0 Å². The summed E-state index contributed by atoms with van der Waals surface area (Å²) in [5, 5.41) is 9.00. The zero-order valence-corrected chi connectivity index (χ0v) is 10.5. The van der Waals surface area contributed by atoms with Gasteiger partial charge in [0.1, 0.15) is 0 Å². The number of aliphatic hydroxyl groups is 1.